The van der Waals surface area contributed by atoms with Gasteiger partial charge in [0.1, 0.15) is 5.52 Å². The molecule has 0 unspecified atom stereocenters. The number of nitrogens with zero attached hydrogens (tertiary/aromatic N) is 1. The average molecular weight is 246 g/mol. The number of oxazole rings is 1. The van der Waals surface area contributed by atoms with E-state index in [0.29, 0.717) is 6.01 Å². The summed E-state index contributed by atoms with van der Waals surface area (Å²) in [6, 6.07) is 8.22. The van der Waals surface area contributed by atoms with E-state index in [2.05, 4.69) is 10.3 Å². The summed E-state index contributed by atoms with van der Waals surface area (Å²) in [5.74, 6) is 0. The molecule has 1 aromatic carbocycles. The number of benzene rings is 1. The highest BCUT2D eigenvalue weighted by Gasteiger charge is 2.32. The summed E-state index contributed by atoms with van der Waals surface area (Å²) >= 11 is 0. The fourth-order valence-electron chi connectivity index (χ4n) is 2.70. The zero-order chi connectivity index (χ0) is 12.4. The van der Waals surface area contributed by atoms with Crippen LogP contribution in [-0.4, -0.2) is 22.2 Å². The van der Waals surface area contributed by atoms with Crippen LogP contribution in [0, 0.1) is 0 Å². The quantitative estimate of drug-likeness (QED) is 0.874. The third-order valence-electron chi connectivity index (χ3n) is 3.78. The second-order valence-corrected chi connectivity index (χ2v) is 5.11. The lowest BCUT2D eigenvalue weighted by Gasteiger charge is -2.35. The van der Waals surface area contributed by atoms with Crippen LogP contribution in [0.15, 0.2) is 28.7 Å². The van der Waals surface area contributed by atoms with Crippen molar-refractivity contribution >= 4 is 17.1 Å². The first-order valence-electron chi connectivity index (χ1n) is 6.56. The molecular formula is C14H18N2O2. The van der Waals surface area contributed by atoms with Crippen molar-refractivity contribution in [2.45, 2.75) is 37.6 Å². The van der Waals surface area contributed by atoms with Crippen molar-refractivity contribution in [3.8, 4) is 0 Å². The summed E-state index contributed by atoms with van der Waals surface area (Å²) in [6.45, 7) is 0.131. The fraction of sp³-hybridized carbons (Fsp3) is 0.500. The minimum atomic E-state index is -0.251. The monoisotopic (exact) mass is 246 g/mol. The molecule has 1 fully saturated rings. The lowest BCUT2D eigenvalue weighted by Crippen LogP contribution is -2.43. The molecule has 3 rings (SSSR count). The number of aliphatic hydroxyl groups is 1. The molecule has 4 nitrogen and oxygen atoms in total. The van der Waals surface area contributed by atoms with Gasteiger partial charge in [-0.05, 0) is 25.0 Å². The van der Waals surface area contributed by atoms with Crippen LogP contribution in [0.4, 0.5) is 6.01 Å². The van der Waals surface area contributed by atoms with Crippen LogP contribution in [0.1, 0.15) is 32.1 Å². The fourth-order valence-corrected chi connectivity index (χ4v) is 2.70. The smallest absolute Gasteiger partial charge is 0.296 e. The number of rotatable bonds is 3. The molecule has 96 valence electrons. The first-order chi connectivity index (χ1) is 8.81. The van der Waals surface area contributed by atoms with E-state index in [-0.39, 0.29) is 12.1 Å². The van der Waals surface area contributed by atoms with Gasteiger partial charge in [0.2, 0.25) is 0 Å². The summed E-state index contributed by atoms with van der Waals surface area (Å²) in [5, 5.41) is 13.0. The molecule has 0 radical (unpaired) electrons. The van der Waals surface area contributed by atoms with Gasteiger partial charge in [-0.1, -0.05) is 31.4 Å². The van der Waals surface area contributed by atoms with E-state index < -0.39 is 0 Å². The Morgan fingerprint density at radius 2 is 2.00 bits per heavy atom. The Hall–Kier alpha value is -1.55. The molecule has 1 aliphatic carbocycles. The van der Waals surface area contributed by atoms with Gasteiger partial charge in [0, 0.05) is 0 Å². The van der Waals surface area contributed by atoms with Gasteiger partial charge in [0.15, 0.2) is 5.58 Å². The molecule has 2 N–H and O–H groups in total. The second-order valence-electron chi connectivity index (χ2n) is 5.11. The molecule has 4 heteroatoms. The molecule has 2 aromatic rings. The molecule has 0 spiro atoms. The summed E-state index contributed by atoms with van der Waals surface area (Å²) in [6.07, 6.45) is 5.49. The van der Waals surface area contributed by atoms with Crippen molar-refractivity contribution in [3.05, 3.63) is 24.3 Å². The first-order valence-corrected chi connectivity index (χ1v) is 6.56. The van der Waals surface area contributed by atoms with Crippen molar-refractivity contribution in [3.63, 3.8) is 0 Å². The number of anilines is 1. The molecule has 0 bridgehead atoms. The van der Waals surface area contributed by atoms with E-state index in [1.165, 1.54) is 6.42 Å². The van der Waals surface area contributed by atoms with Gasteiger partial charge in [-0.2, -0.15) is 4.98 Å². The van der Waals surface area contributed by atoms with Crippen LogP contribution in [0.5, 0.6) is 0 Å². The normalized spacial score (nSPS) is 18.9. The summed E-state index contributed by atoms with van der Waals surface area (Å²) < 4.78 is 5.66. The first kappa shape index (κ1) is 11.5. The molecule has 0 saturated heterocycles. The standard InChI is InChI=1S/C14H18N2O2/c17-10-14(8-4-1-5-9-14)16-13-15-11-6-2-3-7-12(11)18-13/h2-3,6-7,17H,1,4-5,8-10H2,(H,15,16). The predicted octanol–water partition coefficient (Wildman–Crippen LogP) is 2.93. The van der Waals surface area contributed by atoms with E-state index in [4.69, 9.17) is 4.42 Å². The van der Waals surface area contributed by atoms with Gasteiger partial charge < -0.3 is 14.8 Å². The zero-order valence-electron chi connectivity index (χ0n) is 10.4. The Morgan fingerprint density at radius 1 is 1.22 bits per heavy atom. The maximum Gasteiger partial charge on any atom is 0.296 e. The summed E-state index contributed by atoms with van der Waals surface area (Å²) in [4.78, 5) is 4.41. The molecular weight excluding hydrogens is 228 g/mol. The highest BCUT2D eigenvalue weighted by Crippen LogP contribution is 2.32. The number of aromatic nitrogens is 1. The van der Waals surface area contributed by atoms with Gasteiger partial charge in [-0.15, -0.1) is 0 Å². The molecule has 1 aromatic heterocycles. The lowest BCUT2D eigenvalue weighted by atomic mass is 9.82. The number of hydrogen-bond donors (Lipinski definition) is 2. The highest BCUT2D eigenvalue weighted by atomic mass is 16.4. The van der Waals surface area contributed by atoms with Gasteiger partial charge in [0.05, 0.1) is 12.1 Å². The zero-order valence-corrected chi connectivity index (χ0v) is 10.4. The van der Waals surface area contributed by atoms with Crippen LogP contribution in [0.25, 0.3) is 11.1 Å². The van der Waals surface area contributed by atoms with Crippen molar-refractivity contribution in [2.75, 3.05) is 11.9 Å². The Kier molecular flexibility index (Phi) is 2.96. The summed E-state index contributed by atoms with van der Waals surface area (Å²) in [7, 11) is 0. The maximum atomic E-state index is 9.65. The number of fused-ring (bicyclic) bond motifs is 1. The highest BCUT2D eigenvalue weighted by molar-refractivity contribution is 5.74. The number of hydrogen-bond acceptors (Lipinski definition) is 4. The third kappa shape index (κ3) is 2.08. The number of para-hydroxylation sites is 2. The Bertz CT molecular complexity index is 496. The van der Waals surface area contributed by atoms with Crippen LogP contribution < -0.4 is 5.32 Å². The Balaban J connectivity index is 1.85. The maximum absolute atomic E-state index is 9.65. The number of nitrogens with one attached hydrogen (secondary N) is 1. The Labute approximate surface area is 106 Å². The third-order valence-corrected chi connectivity index (χ3v) is 3.78. The van der Waals surface area contributed by atoms with Gasteiger partial charge in [-0.25, -0.2) is 0 Å². The van der Waals surface area contributed by atoms with Crippen molar-refractivity contribution < 1.29 is 9.52 Å². The minimum absolute atomic E-state index is 0.131. The topological polar surface area (TPSA) is 58.3 Å². The van der Waals surface area contributed by atoms with E-state index in [0.717, 1.165) is 36.8 Å². The minimum Gasteiger partial charge on any atom is -0.424 e. The second kappa shape index (κ2) is 4.61. The van der Waals surface area contributed by atoms with Gasteiger partial charge in [-0.3, -0.25) is 0 Å². The molecule has 1 aliphatic rings. The average Bonchev–Trinajstić information content (AvgIpc) is 2.81. The van der Waals surface area contributed by atoms with Crippen LogP contribution in [0.3, 0.4) is 0 Å². The molecule has 0 atom stereocenters. The SMILES string of the molecule is OCC1(Nc2nc3ccccc3o2)CCCCC1. The molecule has 1 heterocycles. The largest absolute Gasteiger partial charge is 0.424 e. The molecule has 0 amide bonds. The lowest BCUT2D eigenvalue weighted by molar-refractivity contribution is 0.170. The van der Waals surface area contributed by atoms with Crippen molar-refractivity contribution in [2.24, 2.45) is 0 Å². The predicted molar refractivity (Wildman–Crippen MR) is 70.5 cm³/mol. The van der Waals surface area contributed by atoms with Crippen molar-refractivity contribution in [1.82, 2.24) is 4.98 Å². The van der Waals surface area contributed by atoms with E-state index in [1.54, 1.807) is 0 Å². The van der Waals surface area contributed by atoms with Gasteiger partial charge >= 0.3 is 0 Å². The van der Waals surface area contributed by atoms with Crippen LogP contribution in [-0.2, 0) is 0 Å². The summed E-state index contributed by atoms with van der Waals surface area (Å²) in [5.41, 5.74) is 1.38. The van der Waals surface area contributed by atoms with E-state index in [1.807, 2.05) is 24.3 Å². The van der Waals surface area contributed by atoms with E-state index >= 15 is 0 Å². The number of aliphatic hydroxyl groups excluding tert-OH is 1. The molecule has 18 heavy (non-hydrogen) atoms. The van der Waals surface area contributed by atoms with E-state index in [9.17, 15) is 5.11 Å². The molecule has 0 aliphatic heterocycles. The van der Waals surface area contributed by atoms with Crippen LogP contribution >= 0.6 is 0 Å². The van der Waals surface area contributed by atoms with Gasteiger partial charge in [0.25, 0.3) is 6.01 Å². The van der Waals surface area contributed by atoms with Crippen molar-refractivity contribution in [1.29, 1.82) is 0 Å². The Morgan fingerprint density at radius 3 is 2.72 bits per heavy atom. The molecule has 1 saturated carbocycles. The van der Waals surface area contributed by atoms with Crippen LogP contribution in [0.2, 0.25) is 0 Å².